The van der Waals surface area contributed by atoms with Gasteiger partial charge in [0.15, 0.2) is 0 Å². The third-order valence-electron chi connectivity index (χ3n) is 1.95. The highest BCUT2D eigenvalue weighted by atomic mass is 16.1. The van der Waals surface area contributed by atoms with E-state index in [1.807, 2.05) is 0 Å². The number of rotatable bonds is 1. The van der Waals surface area contributed by atoms with Crippen LogP contribution in [0, 0.1) is 5.89 Å². The van der Waals surface area contributed by atoms with Crippen LogP contribution in [0.1, 0.15) is 40.4 Å². The summed E-state index contributed by atoms with van der Waals surface area (Å²) in [6.07, 6.45) is 4.88. The monoisotopic (exact) mass is 127 g/mol. The zero-order valence-electron chi connectivity index (χ0n) is 6.94. The fourth-order valence-electron chi connectivity index (χ4n) is 1.33. The van der Waals surface area contributed by atoms with Crippen LogP contribution in [-0.2, 0) is 4.79 Å². The number of Topliss-reactive ketones (excluding diaryl/α,β-unsaturated/α-hetero) is 1. The van der Waals surface area contributed by atoms with Crippen molar-refractivity contribution >= 4 is 5.78 Å². The second kappa shape index (κ2) is 3.00. The predicted molar refractivity (Wildman–Crippen MR) is 37.3 cm³/mol. The molecular weight excluding hydrogens is 112 g/mol. The topological polar surface area (TPSA) is 17.1 Å². The number of hydrogen-bond donors (Lipinski definition) is 0. The molecule has 0 heterocycles. The van der Waals surface area contributed by atoms with Crippen molar-refractivity contribution in [3.63, 3.8) is 0 Å². The Morgan fingerprint density at radius 3 is 2.33 bits per heavy atom. The molecule has 9 heavy (non-hydrogen) atoms. The summed E-state index contributed by atoms with van der Waals surface area (Å²) in [5.41, 5.74) is 0. The van der Waals surface area contributed by atoms with Gasteiger partial charge in [0.25, 0.3) is 0 Å². The first-order valence-electron chi connectivity index (χ1n) is 4.16. The van der Waals surface area contributed by atoms with Gasteiger partial charge >= 0.3 is 0 Å². The summed E-state index contributed by atoms with van der Waals surface area (Å²) in [6.45, 7) is 1.54. The summed E-state index contributed by atoms with van der Waals surface area (Å²) in [5.74, 6) is -0.662. The Balaban J connectivity index is 2.56. The first-order valence-corrected chi connectivity index (χ1v) is 3.66. The number of ketones is 1. The lowest BCUT2D eigenvalue weighted by molar-refractivity contribution is -0.121. The van der Waals surface area contributed by atoms with Crippen LogP contribution < -0.4 is 0 Å². The zero-order valence-corrected chi connectivity index (χ0v) is 5.94. The van der Waals surface area contributed by atoms with Gasteiger partial charge in [0.2, 0.25) is 0 Å². The van der Waals surface area contributed by atoms with Gasteiger partial charge in [-0.25, -0.2) is 0 Å². The Labute approximate surface area is 57.9 Å². The smallest absolute Gasteiger partial charge is 0.132 e. The highest BCUT2D eigenvalue weighted by molar-refractivity contribution is 5.78. The molecule has 0 aromatic carbocycles. The molecule has 1 saturated carbocycles. The normalized spacial score (nSPS) is 27.0. The van der Waals surface area contributed by atoms with E-state index in [9.17, 15) is 4.79 Å². The van der Waals surface area contributed by atoms with Gasteiger partial charge in [-0.05, 0) is 19.8 Å². The number of carbonyl (C=O) groups is 1. The molecule has 0 spiro atoms. The molecule has 0 radical (unpaired) electrons. The minimum absolute atomic E-state index is 0.0483. The van der Waals surface area contributed by atoms with Crippen LogP contribution in [-0.4, -0.2) is 5.78 Å². The van der Waals surface area contributed by atoms with Crippen molar-refractivity contribution in [3.8, 4) is 0 Å². The first kappa shape index (κ1) is 5.45. The summed E-state index contributed by atoms with van der Waals surface area (Å²) in [7, 11) is 0. The molecule has 1 rings (SSSR count). The van der Waals surface area contributed by atoms with E-state index in [1.54, 1.807) is 6.92 Å². The van der Waals surface area contributed by atoms with Crippen LogP contribution in [0.25, 0.3) is 0 Å². The Kier molecular flexibility index (Phi) is 1.82. The SMILES string of the molecule is [2H]C1(C(C)=O)CCCCC1. The number of carbonyl (C=O) groups excluding carboxylic acids is 1. The molecule has 1 aliphatic carbocycles. The van der Waals surface area contributed by atoms with E-state index >= 15 is 0 Å². The maximum atomic E-state index is 10.9. The van der Waals surface area contributed by atoms with E-state index in [4.69, 9.17) is 1.37 Å². The lowest BCUT2D eigenvalue weighted by Gasteiger charge is -2.17. The standard InChI is InChI=1S/C8H14O/c1-7(9)8-5-3-2-4-6-8/h8H,2-6H2,1H3/i8D. The van der Waals surface area contributed by atoms with E-state index < -0.39 is 5.89 Å². The van der Waals surface area contributed by atoms with Crippen LogP contribution in [0.15, 0.2) is 0 Å². The summed E-state index contributed by atoms with van der Waals surface area (Å²) >= 11 is 0. The molecule has 1 heteroatoms. The van der Waals surface area contributed by atoms with Crippen LogP contribution in [0.4, 0.5) is 0 Å². The van der Waals surface area contributed by atoms with Gasteiger partial charge in [-0.1, -0.05) is 19.3 Å². The molecule has 0 saturated heterocycles. The van der Waals surface area contributed by atoms with Crippen molar-refractivity contribution in [2.24, 2.45) is 5.89 Å². The van der Waals surface area contributed by atoms with Crippen LogP contribution in [0.2, 0.25) is 0 Å². The van der Waals surface area contributed by atoms with Gasteiger partial charge < -0.3 is 0 Å². The third-order valence-corrected chi connectivity index (χ3v) is 1.95. The second-order valence-corrected chi connectivity index (χ2v) is 2.72. The van der Waals surface area contributed by atoms with Gasteiger partial charge in [-0.2, -0.15) is 0 Å². The molecule has 0 atom stereocenters. The van der Waals surface area contributed by atoms with Gasteiger partial charge in [-0.15, -0.1) is 0 Å². The van der Waals surface area contributed by atoms with Crippen molar-refractivity contribution in [2.45, 2.75) is 39.0 Å². The van der Waals surface area contributed by atoms with Crippen LogP contribution >= 0.6 is 0 Å². The Hall–Kier alpha value is -0.330. The zero-order chi connectivity index (χ0) is 7.61. The average molecular weight is 127 g/mol. The lowest BCUT2D eigenvalue weighted by atomic mass is 9.87. The summed E-state index contributed by atoms with van der Waals surface area (Å²) in [5, 5.41) is 0. The minimum Gasteiger partial charge on any atom is -0.300 e. The van der Waals surface area contributed by atoms with Gasteiger partial charge in [-0.3, -0.25) is 4.79 Å². The maximum Gasteiger partial charge on any atom is 0.132 e. The highest BCUT2D eigenvalue weighted by Gasteiger charge is 2.16. The predicted octanol–water partition coefficient (Wildman–Crippen LogP) is 2.16. The fourth-order valence-corrected chi connectivity index (χ4v) is 1.33. The second-order valence-electron chi connectivity index (χ2n) is 2.72. The van der Waals surface area contributed by atoms with E-state index in [1.165, 1.54) is 6.42 Å². The molecule has 52 valence electrons. The molecule has 0 aliphatic heterocycles. The summed E-state index contributed by atoms with van der Waals surface area (Å²) in [4.78, 5) is 10.9. The summed E-state index contributed by atoms with van der Waals surface area (Å²) in [6, 6.07) is 0. The van der Waals surface area contributed by atoms with Crippen LogP contribution in [0.3, 0.4) is 0 Å². The van der Waals surface area contributed by atoms with Crippen molar-refractivity contribution in [3.05, 3.63) is 0 Å². The molecule has 1 nitrogen and oxygen atoms in total. The molecule has 1 fully saturated rings. The molecule has 0 amide bonds. The Bertz CT molecular complexity index is 136. The van der Waals surface area contributed by atoms with Crippen LogP contribution in [0.5, 0.6) is 0 Å². The largest absolute Gasteiger partial charge is 0.300 e. The highest BCUT2D eigenvalue weighted by Crippen LogP contribution is 2.23. The lowest BCUT2D eigenvalue weighted by Crippen LogP contribution is -2.13. The first-order chi connectivity index (χ1) is 4.65. The van der Waals surface area contributed by atoms with E-state index in [0.717, 1.165) is 25.7 Å². The van der Waals surface area contributed by atoms with Crippen molar-refractivity contribution in [2.75, 3.05) is 0 Å². The molecule has 1 aliphatic rings. The van der Waals surface area contributed by atoms with Gasteiger partial charge in [0.1, 0.15) is 5.78 Å². The van der Waals surface area contributed by atoms with Crippen molar-refractivity contribution in [1.82, 2.24) is 0 Å². The Morgan fingerprint density at radius 2 is 2.00 bits per heavy atom. The summed E-state index contributed by atoms with van der Waals surface area (Å²) < 4.78 is 7.73. The quantitative estimate of drug-likeness (QED) is 0.527. The Morgan fingerprint density at radius 1 is 1.44 bits per heavy atom. The van der Waals surface area contributed by atoms with Crippen molar-refractivity contribution in [1.29, 1.82) is 0 Å². The minimum atomic E-state index is -0.710. The maximum absolute atomic E-state index is 10.9. The van der Waals surface area contributed by atoms with E-state index in [-0.39, 0.29) is 5.78 Å². The average Bonchev–Trinajstić information content (AvgIpc) is 1.89. The third kappa shape index (κ3) is 1.81. The molecule has 0 aromatic rings. The molecule has 0 bridgehead atoms. The molecule has 0 N–H and O–H groups in total. The molecule has 0 aromatic heterocycles. The van der Waals surface area contributed by atoms with Gasteiger partial charge in [0, 0.05) is 7.26 Å². The number of hydrogen-bond acceptors (Lipinski definition) is 1. The van der Waals surface area contributed by atoms with E-state index in [0.29, 0.717) is 0 Å². The van der Waals surface area contributed by atoms with Gasteiger partial charge in [0.05, 0.1) is 0 Å². The van der Waals surface area contributed by atoms with Crippen molar-refractivity contribution < 1.29 is 6.17 Å². The van der Waals surface area contributed by atoms with E-state index in [2.05, 4.69) is 0 Å². The fraction of sp³-hybridized carbons (Fsp3) is 0.875. The molecule has 0 unspecified atom stereocenters. The molecular formula is C8H14O.